The third kappa shape index (κ3) is 1.10. The molecule has 2 saturated carbocycles. The van der Waals surface area contributed by atoms with Crippen LogP contribution in [0, 0.1) is 16.7 Å². The third-order valence-corrected chi connectivity index (χ3v) is 6.16. The van der Waals surface area contributed by atoms with Crippen molar-refractivity contribution in [2.24, 2.45) is 16.7 Å². The molecule has 0 radical (unpaired) electrons. The first-order valence-electron chi connectivity index (χ1n) is 6.68. The number of hydrogen-bond donors (Lipinski definition) is 1. The predicted octanol–water partition coefficient (Wildman–Crippen LogP) is 2.74. The minimum absolute atomic E-state index is 0.0612. The Morgan fingerprint density at radius 1 is 1.31 bits per heavy atom. The van der Waals surface area contributed by atoms with Gasteiger partial charge in [-0.05, 0) is 42.9 Å². The zero-order valence-corrected chi connectivity index (χ0v) is 10.9. The fourth-order valence-corrected chi connectivity index (χ4v) is 4.59. The van der Waals surface area contributed by atoms with Crippen molar-refractivity contribution >= 4 is 0 Å². The Morgan fingerprint density at radius 2 is 1.94 bits per heavy atom. The van der Waals surface area contributed by atoms with E-state index in [2.05, 4.69) is 27.7 Å². The molecule has 0 aromatic heterocycles. The molecule has 2 aliphatic carbocycles. The van der Waals surface area contributed by atoms with Crippen molar-refractivity contribution in [1.29, 1.82) is 0 Å². The summed E-state index contributed by atoms with van der Waals surface area (Å²) in [6.07, 6.45) is 5.21. The molecule has 1 saturated heterocycles. The number of hydrogen-bond acceptors (Lipinski definition) is 2. The van der Waals surface area contributed by atoms with Crippen molar-refractivity contribution in [3.05, 3.63) is 0 Å². The lowest BCUT2D eigenvalue weighted by atomic mass is 9.58. The van der Waals surface area contributed by atoms with Gasteiger partial charge in [-0.3, -0.25) is 0 Å². The van der Waals surface area contributed by atoms with Crippen LogP contribution in [0.1, 0.15) is 53.4 Å². The van der Waals surface area contributed by atoms with Crippen molar-refractivity contribution < 1.29 is 9.84 Å². The molecule has 92 valence electrons. The summed E-state index contributed by atoms with van der Waals surface area (Å²) < 4.78 is 5.53. The average molecular weight is 224 g/mol. The van der Waals surface area contributed by atoms with Crippen molar-refractivity contribution in [2.45, 2.75) is 71.2 Å². The van der Waals surface area contributed by atoms with Crippen LogP contribution in [0.4, 0.5) is 0 Å². The van der Waals surface area contributed by atoms with Crippen LogP contribution in [0.5, 0.6) is 0 Å². The van der Waals surface area contributed by atoms with E-state index in [-0.39, 0.29) is 10.8 Å². The van der Waals surface area contributed by atoms with Gasteiger partial charge in [-0.2, -0.15) is 0 Å². The lowest BCUT2D eigenvalue weighted by Gasteiger charge is -2.50. The largest absolute Gasteiger partial charge is 0.389 e. The zero-order valence-electron chi connectivity index (χ0n) is 10.9. The zero-order chi connectivity index (χ0) is 11.8. The van der Waals surface area contributed by atoms with E-state index in [1.807, 2.05) is 0 Å². The number of aliphatic hydroxyl groups is 1. The molecule has 3 rings (SSSR count). The highest BCUT2D eigenvalue weighted by Gasteiger charge is 2.69. The van der Waals surface area contributed by atoms with Crippen LogP contribution in [0.15, 0.2) is 0 Å². The summed E-state index contributed by atoms with van der Waals surface area (Å²) in [5.74, 6) is 0.705. The first kappa shape index (κ1) is 11.0. The number of ether oxygens (including phenoxy) is 1. The lowest BCUT2D eigenvalue weighted by Crippen LogP contribution is -2.54. The van der Waals surface area contributed by atoms with Crippen molar-refractivity contribution in [1.82, 2.24) is 0 Å². The molecule has 2 heteroatoms. The Balaban J connectivity index is 1.91. The van der Waals surface area contributed by atoms with Gasteiger partial charge in [0, 0.05) is 6.42 Å². The summed E-state index contributed by atoms with van der Waals surface area (Å²) in [5, 5.41) is 11.2. The lowest BCUT2D eigenvalue weighted by molar-refractivity contribution is -0.150. The molecule has 16 heavy (non-hydrogen) atoms. The van der Waals surface area contributed by atoms with E-state index in [1.54, 1.807) is 0 Å². The van der Waals surface area contributed by atoms with Crippen molar-refractivity contribution in [3.63, 3.8) is 0 Å². The third-order valence-electron chi connectivity index (χ3n) is 6.16. The first-order valence-corrected chi connectivity index (χ1v) is 6.68. The molecule has 0 spiro atoms. The summed E-state index contributed by atoms with van der Waals surface area (Å²) in [5.41, 5.74) is -0.323. The molecule has 2 nitrogen and oxygen atoms in total. The Kier molecular flexibility index (Phi) is 1.96. The molecule has 0 unspecified atom stereocenters. The highest BCUT2D eigenvalue weighted by molar-refractivity contribution is 5.19. The van der Waals surface area contributed by atoms with Crippen LogP contribution in [0.3, 0.4) is 0 Å². The molecule has 2 bridgehead atoms. The fourth-order valence-electron chi connectivity index (χ4n) is 4.59. The molecule has 3 fully saturated rings. The average Bonchev–Trinajstić information content (AvgIpc) is 2.67. The van der Waals surface area contributed by atoms with Gasteiger partial charge in [-0.15, -0.1) is 0 Å². The molecule has 3 aliphatic rings. The number of rotatable bonds is 2. The van der Waals surface area contributed by atoms with E-state index < -0.39 is 5.60 Å². The van der Waals surface area contributed by atoms with Gasteiger partial charge in [0.1, 0.15) is 0 Å². The number of epoxide rings is 1. The maximum atomic E-state index is 11.2. The van der Waals surface area contributed by atoms with Crippen LogP contribution in [0.2, 0.25) is 0 Å². The van der Waals surface area contributed by atoms with Gasteiger partial charge in [0.05, 0.1) is 17.8 Å². The SMILES string of the molecule is C[C@H]1O[C@H]1C[C@]1(O)C(C)(C)[C@H]2CC[C@]1(C)C2. The minimum atomic E-state index is -0.516. The van der Waals surface area contributed by atoms with Crippen molar-refractivity contribution in [3.8, 4) is 0 Å². The minimum Gasteiger partial charge on any atom is -0.389 e. The molecular weight excluding hydrogens is 200 g/mol. The van der Waals surface area contributed by atoms with Crippen LogP contribution in [-0.2, 0) is 4.74 Å². The van der Waals surface area contributed by atoms with Gasteiger partial charge in [-0.1, -0.05) is 20.8 Å². The first-order chi connectivity index (χ1) is 7.30. The smallest absolute Gasteiger partial charge is 0.0866 e. The standard InChI is InChI=1S/C14H24O2/c1-9-11(16-9)8-14(15)12(2,3)10-5-6-13(14,4)7-10/h9-11,15H,5-8H2,1-4H3/t9-,10+,11+,13-,14+/m1/s1. The highest BCUT2D eigenvalue weighted by Crippen LogP contribution is 2.69. The van der Waals surface area contributed by atoms with E-state index >= 15 is 0 Å². The van der Waals surface area contributed by atoms with E-state index in [0.29, 0.717) is 18.1 Å². The fraction of sp³-hybridized carbons (Fsp3) is 1.00. The maximum absolute atomic E-state index is 11.2. The van der Waals surface area contributed by atoms with E-state index in [1.165, 1.54) is 19.3 Å². The summed E-state index contributed by atoms with van der Waals surface area (Å²) in [7, 11) is 0. The predicted molar refractivity (Wildman–Crippen MR) is 63.1 cm³/mol. The molecule has 1 heterocycles. The monoisotopic (exact) mass is 224 g/mol. The summed E-state index contributed by atoms with van der Waals surface area (Å²) in [6, 6.07) is 0. The Labute approximate surface area is 98.4 Å². The second kappa shape index (κ2) is 2.84. The summed E-state index contributed by atoms with van der Waals surface area (Å²) in [6.45, 7) is 8.91. The normalized spacial score (nSPS) is 57.9. The maximum Gasteiger partial charge on any atom is 0.0866 e. The van der Waals surface area contributed by atoms with E-state index in [9.17, 15) is 5.11 Å². The van der Waals surface area contributed by atoms with Gasteiger partial charge in [0.15, 0.2) is 0 Å². The van der Waals surface area contributed by atoms with Crippen LogP contribution in [0.25, 0.3) is 0 Å². The Morgan fingerprint density at radius 3 is 2.38 bits per heavy atom. The van der Waals surface area contributed by atoms with Crippen LogP contribution >= 0.6 is 0 Å². The van der Waals surface area contributed by atoms with Crippen LogP contribution < -0.4 is 0 Å². The second-order valence-corrected chi connectivity index (χ2v) is 7.17. The molecule has 0 aromatic rings. The molecule has 0 amide bonds. The molecular formula is C14H24O2. The van der Waals surface area contributed by atoms with Gasteiger partial charge in [0.2, 0.25) is 0 Å². The van der Waals surface area contributed by atoms with Crippen molar-refractivity contribution in [2.75, 3.05) is 0 Å². The molecule has 1 aliphatic heterocycles. The molecule has 0 aromatic carbocycles. The second-order valence-electron chi connectivity index (χ2n) is 7.17. The van der Waals surface area contributed by atoms with Gasteiger partial charge >= 0.3 is 0 Å². The molecule has 5 atom stereocenters. The summed E-state index contributed by atoms with van der Waals surface area (Å²) >= 11 is 0. The van der Waals surface area contributed by atoms with Gasteiger partial charge < -0.3 is 9.84 Å². The van der Waals surface area contributed by atoms with Gasteiger partial charge in [0.25, 0.3) is 0 Å². The highest BCUT2D eigenvalue weighted by atomic mass is 16.6. The Bertz CT molecular complexity index is 318. The Hall–Kier alpha value is -0.0800. The number of fused-ring (bicyclic) bond motifs is 2. The van der Waals surface area contributed by atoms with Crippen LogP contribution in [-0.4, -0.2) is 22.9 Å². The van der Waals surface area contributed by atoms with Gasteiger partial charge in [-0.25, -0.2) is 0 Å². The quantitative estimate of drug-likeness (QED) is 0.732. The molecule has 1 N–H and O–H groups in total. The topological polar surface area (TPSA) is 32.8 Å². The van der Waals surface area contributed by atoms with E-state index in [4.69, 9.17) is 4.74 Å². The van der Waals surface area contributed by atoms with E-state index in [0.717, 1.165) is 6.42 Å². The summed E-state index contributed by atoms with van der Waals surface area (Å²) in [4.78, 5) is 0.